The van der Waals surface area contributed by atoms with Gasteiger partial charge in [-0.1, -0.05) is 11.6 Å². The summed E-state index contributed by atoms with van der Waals surface area (Å²) in [4.78, 5) is 0. The van der Waals surface area contributed by atoms with E-state index in [1.807, 2.05) is 0 Å². The highest BCUT2D eigenvalue weighted by Gasteiger charge is 2.13. The van der Waals surface area contributed by atoms with Gasteiger partial charge in [0.15, 0.2) is 11.5 Å². The molecule has 1 aromatic carbocycles. The second kappa shape index (κ2) is 5.21. The number of methoxy groups -OCH3 is 2. The van der Waals surface area contributed by atoms with Crippen LogP contribution in [0.2, 0.25) is 5.02 Å². The Labute approximate surface area is 94.1 Å². The summed E-state index contributed by atoms with van der Waals surface area (Å²) >= 11 is 6.01. The minimum Gasteiger partial charge on any atom is -0.493 e. The number of hydrogen-bond acceptors (Lipinski definition) is 4. The Morgan fingerprint density at radius 3 is 2.47 bits per heavy atom. The monoisotopic (exact) mass is 230 g/mol. The summed E-state index contributed by atoms with van der Waals surface area (Å²) in [6.45, 7) is 0.353. The highest BCUT2D eigenvalue weighted by molar-refractivity contribution is 6.32. The van der Waals surface area contributed by atoms with E-state index in [1.54, 1.807) is 19.2 Å². The fourth-order valence-electron chi connectivity index (χ4n) is 1.29. The Morgan fingerprint density at radius 1 is 1.33 bits per heavy atom. The summed E-state index contributed by atoms with van der Waals surface area (Å²) in [5.41, 5.74) is 12.1. The van der Waals surface area contributed by atoms with Crippen LogP contribution in [0.15, 0.2) is 12.1 Å². The lowest BCUT2D eigenvalue weighted by Gasteiger charge is -2.14. The molecular weight excluding hydrogens is 216 g/mol. The van der Waals surface area contributed by atoms with Crippen LogP contribution in [0.3, 0.4) is 0 Å². The van der Waals surface area contributed by atoms with Gasteiger partial charge in [-0.2, -0.15) is 0 Å². The Kier molecular flexibility index (Phi) is 4.20. The minimum atomic E-state index is -0.248. The second-order valence-corrected chi connectivity index (χ2v) is 3.49. The minimum absolute atomic E-state index is 0.248. The summed E-state index contributed by atoms with van der Waals surface area (Å²) in [5.74, 6) is 1.07. The lowest BCUT2D eigenvalue weighted by Crippen LogP contribution is -2.20. The number of ether oxygens (including phenoxy) is 2. The molecule has 4 nitrogen and oxygen atoms in total. The van der Waals surface area contributed by atoms with Gasteiger partial charge < -0.3 is 20.9 Å². The predicted octanol–water partition coefficient (Wildman–Crippen LogP) is 1.32. The Morgan fingerprint density at radius 2 is 2.00 bits per heavy atom. The third-order valence-electron chi connectivity index (χ3n) is 2.14. The molecule has 0 heterocycles. The zero-order valence-corrected chi connectivity index (χ0v) is 9.54. The maximum atomic E-state index is 6.01. The summed E-state index contributed by atoms with van der Waals surface area (Å²) in [7, 11) is 3.08. The molecule has 0 spiro atoms. The van der Waals surface area contributed by atoms with Gasteiger partial charge in [0.2, 0.25) is 0 Å². The van der Waals surface area contributed by atoms with E-state index in [1.165, 1.54) is 7.11 Å². The molecule has 0 radical (unpaired) electrons. The van der Waals surface area contributed by atoms with Gasteiger partial charge >= 0.3 is 0 Å². The molecule has 0 aromatic heterocycles. The fraction of sp³-hybridized carbons (Fsp3) is 0.400. The summed E-state index contributed by atoms with van der Waals surface area (Å²) in [6.07, 6.45) is 0. The number of halogens is 1. The number of nitrogens with two attached hydrogens (primary N) is 2. The molecule has 0 aliphatic rings. The van der Waals surface area contributed by atoms with Crippen molar-refractivity contribution >= 4 is 11.6 Å². The normalized spacial score (nSPS) is 12.3. The SMILES string of the molecule is COc1cc([C@H](N)CN)cc(Cl)c1OC. The van der Waals surface area contributed by atoms with Crippen LogP contribution < -0.4 is 20.9 Å². The first-order valence-corrected chi connectivity index (χ1v) is 4.88. The second-order valence-electron chi connectivity index (χ2n) is 3.08. The largest absolute Gasteiger partial charge is 0.493 e. The summed E-state index contributed by atoms with van der Waals surface area (Å²) in [5, 5.41) is 0.468. The molecule has 0 saturated heterocycles. The standard InChI is InChI=1S/C10H15ClN2O2/c1-14-9-4-6(8(13)5-12)3-7(11)10(9)15-2/h3-4,8H,5,12-13H2,1-2H3/t8-/m1/s1. The van der Waals surface area contributed by atoms with Crippen molar-refractivity contribution in [3.05, 3.63) is 22.7 Å². The molecular formula is C10H15ClN2O2. The van der Waals surface area contributed by atoms with E-state index in [9.17, 15) is 0 Å². The summed E-state index contributed by atoms with van der Waals surface area (Å²) in [6, 6.07) is 3.27. The number of hydrogen-bond donors (Lipinski definition) is 2. The van der Waals surface area contributed by atoms with E-state index in [4.69, 9.17) is 32.5 Å². The lowest BCUT2D eigenvalue weighted by molar-refractivity contribution is 0.354. The van der Waals surface area contributed by atoms with Gasteiger partial charge in [0.25, 0.3) is 0 Å². The van der Waals surface area contributed by atoms with Gasteiger partial charge in [-0.3, -0.25) is 0 Å². The maximum absolute atomic E-state index is 6.01. The molecule has 1 aromatic rings. The van der Waals surface area contributed by atoms with E-state index >= 15 is 0 Å². The predicted molar refractivity (Wildman–Crippen MR) is 60.5 cm³/mol. The van der Waals surface area contributed by atoms with Crippen LogP contribution in [0.4, 0.5) is 0 Å². The fourth-order valence-corrected chi connectivity index (χ4v) is 1.58. The highest BCUT2D eigenvalue weighted by Crippen LogP contribution is 2.37. The van der Waals surface area contributed by atoms with Crippen LogP contribution in [0.1, 0.15) is 11.6 Å². The topological polar surface area (TPSA) is 70.5 Å². The Balaban J connectivity index is 3.19. The Hall–Kier alpha value is -0.970. The quantitative estimate of drug-likeness (QED) is 0.819. The first-order chi connectivity index (χ1) is 7.13. The first-order valence-electron chi connectivity index (χ1n) is 4.51. The van der Waals surface area contributed by atoms with E-state index in [0.717, 1.165) is 5.56 Å². The van der Waals surface area contributed by atoms with E-state index in [2.05, 4.69) is 0 Å². The van der Waals surface area contributed by atoms with Crippen LogP contribution in [0.25, 0.3) is 0 Å². The van der Waals surface area contributed by atoms with Crippen LogP contribution in [0, 0.1) is 0 Å². The molecule has 84 valence electrons. The molecule has 0 saturated carbocycles. The van der Waals surface area contributed by atoms with Crippen molar-refractivity contribution in [3.63, 3.8) is 0 Å². The Bertz CT molecular complexity index is 344. The van der Waals surface area contributed by atoms with Gasteiger partial charge in [0.05, 0.1) is 19.2 Å². The van der Waals surface area contributed by atoms with Crippen LogP contribution in [-0.4, -0.2) is 20.8 Å². The maximum Gasteiger partial charge on any atom is 0.179 e. The average molecular weight is 231 g/mol. The van der Waals surface area contributed by atoms with Gasteiger partial charge in [-0.05, 0) is 17.7 Å². The van der Waals surface area contributed by atoms with Gasteiger partial charge in [-0.15, -0.1) is 0 Å². The van der Waals surface area contributed by atoms with Crippen molar-refractivity contribution in [3.8, 4) is 11.5 Å². The number of benzene rings is 1. The van der Waals surface area contributed by atoms with Gasteiger partial charge in [-0.25, -0.2) is 0 Å². The molecule has 1 atom stereocenters. The molecule has 5 heteroatoms. The van der Waals surface area contributed by atoms with Crippen molar-refractivity contribution < 1.29 is 9.47 Å². The molecule has 4 N–H and O–H groups in total. The molecule has 0 fully saturated rings. The molecule has 0 amide bonds. The molecule has 0 aliphatic carbocycles. The smallest absolute Gasteiger partial charge is 0.179 e. The molecule has 15 heavy (non-hydrogen) atoms. The molecule has 0 bridgehead atoms. The zero-order valence-electron chi connectivity index (χ0n) is 8.79. The molecule has 0 aliphatic heterocycles. The van der Waals surface area contributed by atoms with Gasteiger partial charge in [0.1, 0.15) is 0 Å². The average Bonchev–Trinajstić information content (AvgIpc) is 2.26. The van der Waals surface area contributed by atoms with Crippen LogP contribution >= 0.6 is 11.6 Å². The summed E-state index contributed by atoms with van der Waals surface area (Å²) < 4.78 is 10.3. The molecule has 0 unspecified atom stereocenters. The number of rotatable bonds is 4. The van der Waals surface area contributed by atoms with E-state index in [0.29, 0.717) is 23.1 Å². The molecule has 1 rings (SSSR count). The first kappa shape index (κ1) is 12.1. The van der Waals surface area contributed by atoms with Crippen molar-refractivity contribution in [2.24, 2.45) is 11.5 Å². The van der Waals surface area contributed by atoms with Crippen molar-refractivity contribution in [2.75, 3.05) is 20.8 Å². The van der Waals surface area contributed by atoms with Crippen LogP contribution in [-0.2, 0) is 0 Å². The van der Waals surface area contributed by atoms with Crippen LogP contribution in [0.5, 0.6) is 11.5 Å². The van der Waals surface area contributed by atoms with E-state index in [-0.39, 0.29) is 6.04 Å². The van der Waals surface area contributed by atoms with Gasteiger partial charge in [0, 0.05) is 12.6 Å². The van der Waals surface area contributed by atoms with E-state index < -0.39 is 0 Å². The van der Waals surface area contributed by atoms with Crippen molar-refractivity contribution in [2.45, 2.75) is 6.04 Å². The van der Waals surface area contributed by atoms with Crippen molar-refractivity contribution in [1.29, 1.82) is 0 Å². The zero-order chi connectivity index (χ0) is 11.4. The third kappa shape index (κ3) is 2.53. The lowest BCUT2D eigenvalue weighted by atomic mass is 10.1. The highest BCUT2D eigenvalue weighted by atomic mass is 35.5. The third-order valence-corrected chi connectivity index (χ3v) is 2.42. The van der Waals surface area contributed by atoms with Crippen molar-refractivity contribution in [1.82, 2.24) is 0 Å².